The van der Waals surface area contributed by atoms with Crippen LogP contribution < -0.4 is 16.0 Å². The Morgan fingerprint density at radius 1 is 0.872 bits per heavy atom. The summed E-state index contributed by atoms with van der Waals surface area (Å²) < 4.78 is 2.13. The van der Waals surface area contributed by atoms with Gasteiger partial charge < -0.3 is 10.6 Å². The maximum atomic E-state index is 13.2. The quantitative estimate of drug-likeness (QED) is 0.249. The smallest absolute Gasteiger partial charge is 0.262 e. The monoisotopic (exact) mass is 630 g/mol. The van der Waals surface area contributed by atoms with E-state index in [1.54, 1.807) is 18.2 Å². The molecule has 3 aliphatic heterocycles. The number of nitrogens with one attached hydrogen (secondary N) is 3. The van der Waals surface area contributed by atoms with E-state index in [1.807, 2.05) is 6.20 Å². The Morgan fingerprint density at radius 3 is 2.47 bits per heavy atom. The Labute approximate surface area is 270 Å². The van der Waals surface area contributed by atoms with Crippen molar-refractivity contribution >= 4 is 40.3 Å². The maximum absolute atomic E-state index is 13.2. The molecule has 3 N–H and O–H groups in total. The number of carbonyl (C=O) groups excluding carboxylic acids is 4. The van der Waals surface area contributed by atoms with Crippen LogP contribution in [0.1, 0.15) is 88.4 Å². The number of fused-ring (bicyclic) bond motifs is 2. The molecule has 2 aliphatic carbocycles. The van der Waals surface area contributed by atoms with Gasteiger partial charge in [-0.2, -0.15) is 5.10 Å². The molecule has 0 spiro atoms. The predicted octanol–water partition coefficient (Wildman–Crippen LogP) is 3.52. The fourth-order valence-electron chi connectivity index (χ4n) is 7.31. The minimum Gasteiger partial charge on any atom is -0.385 e. The molecular weight excluding hydrogens is 596 g/mol. The lowest BCUT2D eigenvalue weighted by atomic mass is 9.80. The van der Waals surface area contributed by atoms with Crippen molar-refractivity contribution in [2.45, 2.75) is 62.4 Å². The van der Waals surface area contributed by atoms with E-state index in [0.717, 1.165) is 83.9 Å². The van der Waals surface area contributed by atoms with Crippen molar-refractivity contribution < 1.29 is 19.2 Å². The van der Waals surface area contributed by atoms with Crippen LogP contribution >= 0.6 is 0 Å². The largest absolute Gasteiger partial charge is 0.385 e. The Bertz CT molecular complexity index is 1990. The molecule has 0 radical (unpaired) electrons. The van der Waals surface area contributed by atoms with Gasteiger partial charge in [-0.25, -0.2) is 4.98 Å². The summed E-state index contributed by atoms with van der Waals surface area (Å²) in [4.78, 5) is 60.9. The molecule has 1 unspecified atom stereocenters. The molecule has 2 aromatic carbocycles. The van der Waals surface area contributed by atoms with Crippen molar-refractivity contribution in [3.63, 3.8) is 0 Å². The summed E-state index contributed by atoms with van der Waals surface area (Å²) >= 11 is 0. The van der Waals surface area contributed by atoms with E-state index in [2.05, 4.69) is 45.0 Å². The van der Waals surface area contributed by atoms with Crippen LogP contribution in [-0.4, -0.2) is 74.0 Å². The second-order valence-electron chi connectivity index (χ2n) is 13.6. The highest BCUT2D eigenvalue weighted by Crippen LogP contribution is 2.45. The number of carbonyl (C=O) groups is 4. The molecule has 2 saturated carbocycles. The van der Waals surface area contributed by atoms with Gasteiger partial charge in [-0.3, -0.25) is 39.1 Å². The van der Waals surface area contributed by atoms with Crippen LogP contribution in [0.2, 0.25) is 0 Å². The molecule has 238 valence electrons. The van der Waals surface area contributed by atoms with Gasteiger partial charge in [-0.05, 0) is 73.9 Å². The van der Waals surface area contributed by atoms with E-state index in [4.69, 9.17) is 15.1 Å². The van der Waals surface area contributed by atoms with Crippen LogP contribution in [0.3, 0.4) is 0 Å². The number of amides is 4. The summed E-state index contributed by atoms with van der Waals surface area (Å²) in [6.07, 6.45) is 8.55. The summed E-state index contributed by atoms with van der Waals surface area (Å²) in [6, 6.07) is 10.9. The molecular formula is C35H34N8O4. The van der Waals surface area contributed by atoms with Gasteiger partial charge in [0.1, 0.15) is 6.04 Å². The van der Waals surface area contributed by atoms with Crippen molar-refractivity contribution in [2.75, 3.05) is 25.0 Å². The van der Waals surface area contributed by atoms with Crippen LogP contribution in [0.15, 0.2) is 48.8 Å². The van der Waals surface area contributed by atoms with Gasteiger partial charge in [0, 0.05) is 55.3 Å². The first kappa shape index (κ1) is 28.3. The minimum atomic E-state index is -0.970. The molecule has 4 amide bonds. The number of imide groups is 2. The zero-order valence-corrected chi connectivity index (χ0v) is 25.7. The van der Waals surface area contributed by atoms with Crippen LogP contribution in [0.5, 0.6) is 0 Å². The van der Waals surface area contributed by atoms with E-state index in [1.165, 1.54) is 5.56 Å². The SMILES string of the molecule is O=C1CCC(N2C(=O)c3ccc(NC[C@H]4C[C@H](n5cc(-c6cnc7cc(C8CNC8)ccc7n6)c(C6CC6)n5)C4)cc3C2=O)C(=O)N1. The number of piperidine rings is 1. The third kappa shape index (κ3) is 4.89. The molecule has 5 heterocycles. The van der Waals surface area contributed by atoms with Crippen molar-refractivity contribution in [2.24, 2.45) is 5.92 Å². The number of nitrogens with zero attached hydrogens (tertiary/aromatic N) is 5. The van der Waals surface area contributed by atoms with Crippen molar-refractivity contribution in [3.05, 3.63) is 71.2 Å². The van der Waals surface area contributed by atoms with Gasteiger partial charge >= 0.3 is 0 Å². The standard InChI is InChI=1S/C35H34N8O4/c44-31-8-7-30(33(45)40-31)43-34(46)24-5-4-22(12-25(24)35(43)47)37-13-18-9-23(10-18)42-17-26(32(41-42)19-1-2-19)29-16-38-28-11-20(21-14-36-15-21)3-6-27(28)39-29/h3-6,11-12,16-19,21,23,30,36-37H,1-2,7-10,13-15H2,(H,40,44,45)/t18-,23-,30?. The number of anilines is 1. The number of benzene rings is 2. The van der Waals surface area contributed by atoms with E-state index in [0.29, 0.717) is 23.8 Å². The summed E-state index contributed by atoms with van der Waals surface area (Å²) in [7, 11) is 0. The molecule has 9 rings (SSSR count). The molecule has 12 nitrogen and oxygen atoms in total. The average Bonchev–Trinajstić information content (AvgIpc) is 3.73. The van der Waals surface area contributed by atoms with Crippen LogP contribution in [0.25, 0.3) is 22.3 Å². The molecule has 12 heteroatoms. The fraction of sp³-hybridized carbons (Fsp3) is 0.400. The number of aromatic nitrogens is 4. The Balaban J connectivity index is 0.855. The van der Waals surface area contributed by atoms with Crippen molar-refractivity contribution in [1.29, 1.82) is 0 Å². The summed E-state index contributed by atoms with van der Waals surface area (Å²) in [5.74, 6) is -0.523. The molecule has 2 aromatic heterocycles. The second kappa shape index (κ2) is 10.8. The highest BCUT2D eigenvalue weighted by Gasteiger charge is 2.44. The van der Waals surface area contributed by atoms with Gasteiger partial charge in [0.25, 0.3) is 11.8 Å². The van der Waals surface area contributed by atoms with E-state index >= 15 is 0 Å². The predicted molar refractivity (Wildman–Crippen MR) is 172 cm³/mol. The Hall–Kier alpha value is -4.97. The highest BCUT2D eigenvalue weighted by molar-refractivity contribution is 6.23. The lowest BCUT2D eigenvalue weighted by Gasteiger charge is -2.35. The van der Waals surface area contributed by atoms with Crippen LogP contribution in [0.4, 0.5) is 5.69 Å². The number of rotatable bonds is 8. The normalized spacial score (nSPS) is 24.3. The topological polar surface area (TPSA) is 151 Å². The lowest BCUT2D eigenvalue weighted by molar-refractivity contribution is -0.136. The van der Waals surface area contributed by atoms with E-state index in [9.17, 15) is 19.2 Å². The van der Waals surface area contributed by atoms with Gasteiger partial charge in [-0.1, -0.05) is 6.07 Å². The summed E-state index contributed by atoms with van der Waals surface area (Å²) in [5, 5.41) is 14.1. The first-order chi connectivity index (χ1) is 22.9. The molecule has 2 saturated heterocycles. The Kier molecular flexibility index (Phi) is 6.49. The van der Waals surface area contributed by atoms with E-state index < -0.39 is 29.7 Å². The third-order valence-electron chi connectivity index (χ3n) is 10.4. The maximum Gasteiger partial charge on any atom is 0.262 e. The average molecular weight is 631 g/mol. The summed E-state index contributed by atoms with van der Waals surface area (Å²) in [5.41, 5.74) is 7.55. The minimum absolute atomic E-state index is 0.0949. The molecule has 4 aromatic rings. The van der Waals surface area contributed by atoms with Gasteiger partial charge in [-0.15, -0.1) is 0 Å². The number of hydrogen-bond acceptors (Lipinski definition) is 9. The van der Waals surface area contributed by atoms with Gasteiger partial charge in [0.15, 0.2) is 0 Å². The molecule has 47 heavy (non-hydrogen) atoms. The van der Waals surface area contributed by atoms with Crippen LogP contribution in [0, 0.1) is 5.92 Å². The lowest BCUT2D eigenvalue weighted by Crippen LogP contribution is -2.54. The molecule has 4 fully saturated rings. The highest BCUT2D eigenvalue weighted by atomic mass is 16.2. The Morgan fingerprint density at radius 2 is 1.70 bits per heavy atom. The van der Waals surface area contributed by atoms with Gasteiger partial charge in [0.05, 0.1) is 45.8 Å². The van der Waals surface area contributed by atoms with Gasteiger partial charge in [0.2, 0.25) is 11.8 Å². The van der Waals surface area contributed by atoms with Crippen molar-refractivity contribution in [1.82, 2.24) is 35.3 Å². The van der Waals surface area contributed by atoms with Crippen molar-refractivity contribution in [3.8, 4) is 11.3 Å². The molecule has 0 bridgehead atoms. The van der Waals surface area contributed by atoms with E-state index in [-0.39, 0.29) is 24.0 Å². The zero-order valence-electron chi connectivity index (χ0n) is 25.7. The number of hydrogen-bond donors (Lipinski definition) is 3. The second-order valence-corrected chi connectivity index (χ2v) is 13.6. The summed E-state index contributed by atoms with van der Waals surface area (Å²) in [6.45, 7) is 2.76. The first-order valence-corrected chi connectivity index (χ1v) is 16.6. The zero-order chi connectivity index (χ0) is 31.8. The van der Waals surface area contributed by atoms with Crippen LogP contribution in [-0.2, 0) is 9.59 Å². The first-order valence-electron chi connectivity index (χ1n) is 16.6. The third-order valence-corrected chi connectivity index (χ3v) is 10.4. The molecule has 5 aliphatic rings. The molecule has 1 atom stereocenters. The fourth-order valence-corrected chi connectivity index (χ4v) is 7.31.